The molecule has 4 N–H and O–H groups in total. The topological polar surface area (TPSA) is 120 Å². The van der Waals surface area contributed by atoms with E-state index in [0.717, 1.165) is 5.56 Å². The Bertz CT molecular complexity index is 900. The predicted octanol–water partition coefficient (Wildman–Crippen LogP) is 2.52. The molecule has 0 spiro atoms. The van der Waals surface area contributed by atoms with E-state index in [1.807, 2.05) is 71.9 Å². The molecule has 0 unspecified atom stereocenters. The van der Waals surface area contributed by atoms with Crippen LogP contribution in [0.2, 0.25) is 0 Å². The van der Waals surface area contributed by atoms with Crippen LogP contribution in [0.3, 0.4) is 0 Å². The van der Waals surface area contributed by atoms with E-state index >= 15 is 0 Å². The SMILES string of the molecule is CC.CC[C@@H](NC(=O)[C@@H]1C[C@H](NC(C)=O)CN1C(=O)[C@@H](NC(=O)[C@H](C)NC)C(C)(C)C)c1ccccc1. The Kier molecular flexibility index (Phi) is 12.8. The summed E-state index contributed by atoms with van der Waals surface area (Å²) in [7, 11) is 1.67. The van der Waals surface area contributed by atoms with E-state index in [1.165, 1.54) is 11.8 Å². The van der Waals surface area contributed by atoms with Gasteiger partial charge < -0.3 is 26.2 Å². The van der Waals surface area contributed by atoms with Crippen molar-refractivity contribution in [3.8, 4) is 0 Å². The number of likely N-dealkylation sites (N-methyl/N-ethyl adjacent to an activating group) is 1. The summed E-state index contributed by atoms with van der Waals surface area (Å²) in [6.07, 6.45) is 0.994. The number of hydrogen-bond donors (Lipinski definition) is 4. The first-order valence-electron chi connectivity index (χ1n) is 13.3. The number of likely N-dealkylation sites (tertiary alicyclic amines) is 1. The molecule has 2 rings (SSSR count). The lowest BCUT2D eigenvalue weighted by molar-refractivity contribution is -0.144. The van der Waals surface area contributed by atoms with E-state index in [2.05, 4.69) is 21.3 Å². The second kappa shape index (κ2) is 14.7. The van der Waals surface area contributed by atoms with Crippen LogP contribution in [-0.2, 0) is 19.2 Å². The number of benzene rings is 1. The molecule has 0 saturated carbocycles. The van der Waals surface area contributed by atoms with Gasteiger partial charge >= 0.3 is 0 Å². The average molecular weight is 518 g/mol. The summed E-state index contributed by atoms with van der Waals surface area (Å²) in [5.74, 6) is -1.13. The highest BCUT2D eigenvalue weighted by Gasteiger charge is 2.45. The number of carbonyl (C=O) groups is 4. The van der Waals surface area contributed by atoms with Gasteiger partial charge in [0.05, 0.1) is 12.1 Å². The summed E-state index contributed by atoms with van der Waals surface area (Å²) >= 11 is 0. The number of nitrogens with one attached hydrogen (secondary N) is 4. The van der Waals surface area contributed by atoms with Gasteiger partial charge in [-0.3, -0.25) is 19.2 Å². The highest BCUT2D eigenvalue weighted by Crippen LogP contribution is 2.27. The molecule has 9 nitrogen and oxygen atoms in total. The molecular formula is C28H47N5O4. The Hall–Kier alpha value is -2.94. The van der Waals surface area contributed by atoms with E-state index in [9.17, 15) is 19.2 Å². The summed E-state index contributed by atoms with van der Waals surface area (Å²) in [4.78, 5) is 53.1. The maximum atomic E-state index is 13.8. The van der Waals surface area contributed by atoms with Crippen LogP contribution >= 0.6 is 0 Å². The van der Waals surface area contributed by atoms with Crippen molar-refractivity contribution in [3.05, 3.63) is 35.9 Å². The third kappa shape index (κ3) is 9.14. The van der Waals surface area contributed by atoms with Crippen LogP contribution in [-0.4, -0.2) is 66.3 Å². The fourth-order valence-corrected chi connectivity index (χ4v) is 4.31. The van der Waals surface area contributed by atoms with Gasteiger partial charge in [-0.05, 0) is 37.8 Å². The Labute approximate surface area is 222 Å². The monoisotopic (exact) mass is 517 g/mol. The largest absolute Gasteiger partial charge is 0.352 e. The van der Waals surface area contributed by atoms with Crippen LogP contribution in [0, 0.1) is 5.41 Å². The summed E-state index contributed by atoms with van der Waals surface area (Å²) in [5.41, 5.74) is 0.391. The number of nitrogens with zero attached hydrogens (tertiary/aromatic N) is 1. The summed E-state index contributed by atoms with van der Waals surface area (Å²) in [5, 5.41) is 11.7. The molecule has 37 heavy (non-hydrogen) atoms. The van der Waals surface area contributed by atoms with Crippen molar-refractivity contribution in [2.45, 2.75) is 98.4 Å². The Morgan fingerprint density at radius 3 is 2.14 bits per heavy atom. The maximum Gasteiger partial charge on any atom is 0.246 e. The molecule has 1 aliphatic heterocycles. The molecule has 1 aliphatic rings. The van der Waals surface area contributed by atoms with E-state index in [4.69, 9.17) is 0 Å². The molecule has 0 radical (unpaired) electrons. The molecule has 1 fully saturated rings. The van der Waals surface area contributed by atoms with Crippen molar-refractivity contribution in [2.24, 2.45) is 5.41 Å². The maximum absolute atomic E-state index is 13.8. The summed E-state index contributed by atoms with van der Waals surface area (Å²) in [6.45, 7) is 14.9. The van der Waals surface area contributed by atoms with Gasteiger partial charge in [0.1, 0.15) is 12.1 Å². The van der Waals surface area contributed by atoms with Crippen molar-refractivity contribution < 1.29 is 19.2 Å². The smallest absolute Gasteiger partial charge is 0.246 e. The second-order valence-electron chi connectivity index (χ2n) is 10.3. The van der Waals surface area contributed by atoms with Gasteiger partial charge in [0.2, 0.25) is 23.6 Å². The molecule has 1 saturated heterocycles. The predicted molar refractivity (Wildman–Crippen MR) is 147 cm³/mol. The molecule has 1 aromatic carbocycles. The molecule has 208 valence electrons. The number of hydrogen-bond acceptors (Lipinski definition) is 5. The minimum absolute atomic E-state index is 0.197. The molecule has 1 aromatic rings. The van der Waals surface area contributed by atoms with Gasteiger partial charge in [-0.15, -0.1) is 0 Å². The Morgan fingerprint density at radius 1 is 1.05 bits per heavy atom. The van der Waals surface area contributed by atoms with Crippen LogP contribution < -0.4 is 21.3 Å². The molecular weight excluding hydrogens is 470 g/mol. The van der Waals surface area contributed by atoms with E-state index < -0.39 is 23.5 Å². The average Bonchev–Trinajstić information content (AvgIpc) is 3.28. The molecule has 0 aromatic heterocycles. The Morgan fingerprint density at radius 2 is 1.65 bits per heavy atom. The standard InChI is InChI=1S/C26H41N5O4.C2H6/c1-8-20(18-12-10-9-11-13-18)29-24(34)21-14-19(28-17(3)32)15-31(21)25(35)22(26(4,5)6)30-23(33)16(2)27-7;1-2/h9-13,16,19-22,27H,8,14-15H2,1-7H3,(H,28,32)(H,29,34)(H,30,33);1-2H3/t16-,19-,20+,21-,22+;/m0./s1. The van der Waals surface area contributed by atoms with Gasteiger partial charge in [0.25, 0.3) is 0 Å². The lowest BCUT2D eigenvalue weighted by Crippen LogP contribution is -2.59. The third-order valence-electron chi connectivity index (χ3n) is 6.45. The fraction of sp³-hybridized carbons (Fsp3) is 0.643. The van der Waals surface area contributed by atoms with Crippen LogP contribution in [0.4, 0.5) is 0 Å². The first-order chi connectivity index (χ1) is 17.4. The van der Waals surface area contributed by atoms with Crippen molar-refractivity contribution in [2.75, 3.05) is 13.6 Å². The van der Waals surface area contributed by atoms with Crippen LogP contribution in [0.1, 0.15) is 79.8 Å². The third-order valence-corrected chi connectivity index (χ3v) is 6.45. The first kappa shape index (κ1) is 32.1. The van der Waals surface area contributed by atoms with Crippen LogP contribution in [0.25, 0.3) is 0 Å². The highest BCUT2D eigenvalue weighted by molar-refractivity contribution is 5.94. The highest BCUT2D eigenvalue weighted by atomic mass is 16.2. The van der Waals surface area contributed by atoms with Crippen molar-refractivity contribution in [1.82, 2.24) is 26.2 Å². The van der Waals surface area contributed by atoms with Crippen molar-refractivity contribution in [1.29, 1.82) is 0 Å². The molecule has 4 amide bonds. The molecule has 5 atom stereocenters. The van der Waals surface area contributed by atoms with Crippen molar-refractivity contribution in [3.63, 3.8) is 0 Å². The summed E-state index contributed by atoms with van der Waals surface area (Å²) < 4.78 is 0. The zero-order chi connectivity index (χ0) is 28.3. The molecule has 0 aliphatic carbocycles. The molecule has 9 heteroatoms. The van der Waals surface area contributed by atoms with Gasteiger partial charge in [-0.1, -0.05) is 71.9 Å². The summed E-state index contributed by atoms with van der Waals surface area (Å²) in [6, 6.07) is 7.05. The van der Waals surface area contributed by atoms with E-state index in [-0.39, 0.29) is 42.3 Å². The Balaban J connectivity index is 0.00000334. The number of carbonyl (C=O) groups excluding carboxylic acids is 4. The van der Waals surface area contributed by atoms with Gasteiger partial charge in [0.15, 0.2) is 0 Å². The van der Waals surface area contributed by atoms with Crippen LogP contribution in [0.15, 0.2) is 30.3 Å². The first-order valence-corrected chi connectivity index (χ1v) is 13.3. The minimum Gasteiger partial charge on any atom is -0.352 e. The van der Waals surface area contributed by atoms with Crippen LogP contribution in [0.5, 0.6) is 0 Å². The van der Waals surface area contributed by atoms with Gasteiger partial charge in [-0.25, -0.2) is 0 Å². The molecule has 1 heterocycles. The zero-order valence-corrected chi connectivity index (χ0v) is 24.0. The van der Waals surface area contributed by atoms with E-state index in [1.54, 1.807) is 14.0 Å². The second-order valence-corrected chi connectivity index (χ2v) is 10.3. The fourth-order valence-electron chi connectivity index (χ4n) is 4.31. The lowest BCUT2D eigenvalue weighted by Gasteiger charge is -2.36. The van der Waals surface area contributed by atoms with Gasteiger partial charge in [-0.2, -0.15) is 0 Å². The number of rotatable bonds is 9. The van der Waals surface area contributed by atoms with E-state index in [0.29, 0.717) is 12.8 Å². The minimum atomic E-state index is -0.840. The quantitative estimate of drug-likeness (QED) is 0.401. The lowest BCUT2D eigenvalue weighted by atomic mass is 9.85. The normalized spacial score (nSPS) is 19.5. The number of amides is 4. The van der Waals surface area contributed by atoms with Gasteiger partial charge in [0, 0.05) is 19.5 Å². The zero-order valence-electron chi connectivity index (χ0n) is 24.0. The van der Waals surface area contributed by atoms with Crippen molar-refractivity contribution >= 4 is 23.6 Å². The molecule has 0 bridgehead atoms.